The van der Waals surface area contributed by atoms with Crippen molar-refractivity contribution >= 4 is 22.3 Å². The molecule has 18 heavy (non-hydrogen) atoms. The van der Waals surface area contributed by atoms with Gasteiger partial charge in [0, 0.05) is 25.7 Å². The number of nitrogens with two attached hydrogens (primary N) is 1. The number of aromatic nitrogens is 4. The Morgan fingerprint density at radius 3 is 3.06 bits per heavy atom. The highest BCUT2D eigenvalue weighted by atomic mass is 32.1. The lowest BCUT2D eigenvalue weighted by Gasteiger charge is -2.15. The molecule has 0 spiro atoms. The Labute approximate surface area is 109 Å². The maximum absolute atomic E-state index is 5.59. The molecule has 0 radical (unpaired) electrons. The van der Waals surface area contributed by atoms with E-state index in [-0.39, 0.29) is 0 Å². The van der Waals surface area contributed by atoms with Crippen LogP contribution in [0, 0.1) is 5.92 Å². The lowest BCUT2D eigenvalue weighted by Crippen LogP contribution is -2.21. The van der Waals surface area contributed by atoms with Gasteiger partial charge < -0.3 is 10.6 Å². The van der Waals surface area contributed by atoms with Crippen molar-refractivity contribution in [1.82, 2.24) is 20.4 Å². The average molecular weight is 262 g/mol. The van der Waals surface area contributed by atoms with Crippen LogP contribution in [-0.2, 0) is 6.42 Å². The Bertz CT molecular complexity index is 513. The molecule has 1 atom stereocenters. The summed E-state index contributed by atoms with van der Waals surface area (Å²) in [6.07, 6.45) is 3.79. The van der Waals surface area contributed by atoms with Crippen molar-refractivity contribution in [2.45, 2.75) is 12.8 Å². The summed E-state index contributed by atoms with van der Waals surface area (Å²) in [5, 5.41) is 17.5. The number of nitrogen functional groups attached to an aromatic ring is 1. The predicted octanol–water partition coefficient (Wildman–Crippen LogP) is 0.979. The monoisotopic (exact) mass is 262 g/mol. The van der Waals surface area contributed by atoms with Crippen LogP contribution in [0.1, 0.15) is 11.4 Å². The second kappa shape index (κ2) is 4.85. The molecule has 2 N–H and O–H groups in total. The zero-order valence-corrected chi connectivity index (χ0v) is 10.7. The van der Waals surface area contributed by atoms with E-state index in [9.17, 15) is 0 Å². The molecule has 1 aliphatic rings. The van der Waals surface area contributed by atoms with Crippen LogP contribution in [0.2, 0.25) is 0 Å². The van der Waals surface area contributed by atoms with E-state index in [0.717, 1.165) is 36.8 Å². The number of rotatable bonds is 3. The maximum Gasteiger partial charge on any atom is 0.203 e. The fourth-order valence-electron chi connectivity index (χ4n) is 2.27. The van der Waals surface area contributed by atoms with Gasteiger partial charge in [-0.25, -0.2) is 0 Å². The first kappa shape index (κ1) is 11.3. The van der Waals surface area contributed by atoms with Crippen LogP contribution in [0.5, 0.6) is 0 Å². The summed E-state index contributed by atoms with van der Waals surface area (Å²) in [6, 6.07) is 3.92. The molecule has 2 aromatic rings. The van der Waals surface area contributed by atoms with Crippen LogP contribution in [-0.4, -0.2) is 33.5 Å². The molecule has 0 amide bonds. The molecule has 0 bridgehead atoms. The van der Waals surface area contributed by atoms with Gasteiger partial charge in [-0.1, -0.05) is 11.3 Å². The number of anilines is 2. The van der Waals surface area contributed by atoms with Crippen molar-refractivity contribution in [3.8, 4) is 0 Å². The van der Waals surface area contributed by atoms with Gasteiger partial charge in [-0.05, 0) is 24.5 Å². The molecule has 0 saturated carbocycles. The smallest absolute Gasteiger partial charge is 0.203 e. The SMILES string of the molecule is Nc1nnc(C[C@@H]2CCN(c3cccnn3)C2)s1. The van der Waals surface area contributed by atoms with Crippen LogP contribution in [0.4, 0.5) is 10.9 Å². The highest BCUT2D eigenvalue weighted by molar-refractivity contribution is 7.15. The second-order valence-corrected chi connectivity index (χ2v) is 5.51. The standard InChI is InChI=1S/C11H14N6S/c12-11-16-15-10(18-11)6-8-3-5-17(7-8)9-2-1-4-13-14-9/h1-2,4,8H,3,5-7H2,(H2,12,16)/t8-/m0/s1. The van der Waals surface area contributed by atoms with Crippen molar-refractivity contribution in [3.63, 3.8) is 0 Å². The van der Waals surface area contributed by atoms with Crippen molar-refractivity contribution in [2.75, 3.05) is 23.7 Å². The fraction of sp³-hybridized carbons (Fsp3) is 0.455. The van der Waals surface area contributed by atoms with Crippen molar-refractivity contribution in [2.24, 2.45) is 5.92 Å². The molecule has 94 valence electrons. The average Bonchev–Trinajstić information content (AvgIpc) is 3.01. The van der Waals surface area contributed by atoms with E-state index in [4.69, 9.17) is 5.73 Å². The van der Waals surface area contributed by atoms with Gasteiger partial charge in [0.05, 0.1) is 0 Å². The van der Waals surface area contributed by atoms with E-state index in [1.807, 2.05) is 12.1 Å². The second-order valence-electron chi connectivity index (χ2n) is 4.42. The largest absolute Gasteiger partial charge is 0.374 e. The van der Waals surface area contributed by atoms with Gasteiger partial charge in [0.25, 0.3) is 0 Å². The highest BCUT2D eigenvalue weighted by Gasteiger charge is 2.24. The van der Waals surface area contributed by atoms with Gasteiger partial charge in [0.1, 0.15) is 5.01 Å². The summed E-state index contributed by atoms with van der Waals surface area (Å²) in [5.74, 6) is 1.55. The molecule has 3 rings (SSSR count). The first-order chi connectivity index (χ1) is 8.81. The topological polar surface area (TPSA) is 80.8 Å². The molecule has 3 heterocycles. The predicted molar refractivity (Wildman–Crippen MR) is 70.4 cm³/mol. The zero-order chi connectivity index (χ0) is 12.4. The highest BCUT2D eigenvalue weighted by Crippen LogP contribution is 2.25. The molecular formula is C11H14N6S. The third kappa shape index (κ3) is 2.40. The third-order valence-corrected chi connectivity index (χ3v) is 3.89. The minimum absolute atomic E-state index is 0.550. The van der Waals surface area contributed by atoms with E-state index >= 15 is 0 Å². The number of hydrogen-bond donors (Lipinski definition) is 1. The quantitative estimate of drug-likeness (QED) is 0.888. The van der Waals surface area contributed by atoms with Crippen molar-refractivity contribution in [1.29, 1.82) is 0 Å². The molecule has 1 aliphatic heterocycles. The summed E-state index contributed by atoms with van der Waals surface area (Å²) >= 11 is 1.48. The van der Waals surface area contributed by atoms with Gasteiger partial charge >= 0.3 is 0 Å². The van der Waals surface area contributed by atoms with Crippen molar-refractivity contribution < 1.29 is 0 Å². The lowest BCUT2D eigenvalue weighted by molar-refractivity contribution is 0.581. The molecule has 0 unspecified atom stereocenters. The van der Waals surface area contributed by atoms with E-state index in [2.05, 4.69) is 25.3 Å². The molecule has 7 heteroatoms. The Kier molecular flexibility index (Phi) is 3.06. The van der Waals surface area contributed by atoms with E-state index in [1.54, 1.807) is 6.20 Å². The van der Waals surface area contributed by atoms with Gasteiger partial charge in [-0.15, -0.1) is 15.3 Å². The van der Waals surface area contributed by atoms with Crippen molar-refractivity contribution in [3.05, 3.63) is 23.3 Å². The first-order valence-corrected chi connectivity index (χ1v) is 6.73. The Hall–Kier alpha value is -1.76. The summed E-state index contributed by atoms with van der Waals surface area (Å²) in [6.45, 7) is 2.02. The summed E-state index contributed by atoms with van der Waals surface area (Å²) in [5.41, 5.74) is 5.59. The molecule has 1 saturated heterocycles. The van der Waals surface area contributed by atoms with Gasteiger partial charge in [-0.2, -0.15) is 5.10 Å². The molecule has 2 aromatic heterocycles. The summed E-state index contributed by atoms with van der Waals surface area (Å²) < 4.78 is 0. The van der Waals surface area contributed by atoms with Gasteiger partial charge in [-0.3, -0.25) is 0 Å². The minimum atomic E-state index is 0.550. The summed E-state index contributed by atoms with van der Waals surface area (Å²) in [4.78, 5) is 2.27. The molecule has 0 aliphatic carbocycles. The van der Waals surface area contributed by atoms with Gasteiger partial charge in [0.15, 0.2) is 5.82 Å². The van der Waals surface area contributed by atoms with E-state index < -0.39 is 0 Å². The normalized spacial score (nSPS) is 19.3. The Morgan fingerprint density at radius 1 is 1.39 bits per heavy atom. The zero-order valence-electron chi connectivity index (χ0n) is 9.86. The third-order valence-electron chi connectivity index (χ3n) is 3.11. The van der Waals surface area contributed by atoms with Crippen LogP contribution < -0.4 is 10.6 Å². The molecular weight excluding hydrogens is 248 g/mol. The van der Waals surface area contributed by atoms with E-state index in [0.29, 0.717) is 11.0 Å². The minimum Gasteiger partial charge on any atom is -0.374 e. The molecule has 6 nitrogen and oxygen atoms in total. The molecule has 0 aromatic carbocycles. The lowest BCUT2D eigenvalue weighted by atomic mass is 10.1. The van der Waals surface area contributed by atoms with Crippen LogP contribution in [0.15, 0.2) is 18.3 Å². The first-order valence-electron chi connectivity index (χ1n) is 5.92. The van der Waals surface area contributed by atoms with Gasteiger partial charge in [0.2, 0.25) is 5.13 Å². The number of hydrogen-bond acceptors (Lipinski definition) is 7. The Balaban J connectivity index is 1.62. The number of nitrogens with zero attached hydrogens (tertiary/aromatic N) is 5. The summed E-state index contributed by atoms with van der Waals surface area (Å²) in [7, 11) is 0. The van der Waals surface area contributed by atoms with Crippen LogP contribution in [0.3, 0.4) is 0 Å². The van der Waals surface area contributed by atoms with Crippen LogP contribution >= 0.6 is 11.3 Å². The fourth-order valence-corrected chi connectivity index (χ4v) is 2.99. The Morgan fingerprint density at radius 2 is 2.33 bits per heavy atom. The maximum atomic E-state index is 5.59. The van der Waals surface area contributed by atoms with E-state index in [1.165, 1.54) is 11.3 Å². The van der Waals surface area contributed by atoms with Crippen LogP contribution in [0.25, 0.3) is 0 Å². The molecule has 1 fully saturated rings.